The normalized spacial score (nSPS) is 14.7. The summed E-state index contributed by atoms with van der Waals surface area (Å²) >= 11 is 1.43. The van der Waals surface area contributed by atoms with Crippen LogP contribution in [0, 0.1) is 12.7 Å². The Morgan fingerprint density at radius 3 is 2.56 bits per heavy atom. The van der Waals surface area contributed by atoms with Crippen molar-refractivity contribution < 1.29 is 9.18 Å². The number of halogens is 1. The van der Waals surface area contributed by atoms with Crippen molar-refractivity contribution in [2.24, 2.45) is 0 Å². The molecule has 0 aliphatic heterocycles. The average Bonchev–Trinajstić information content (AvgIpc) is 3.41. The topological polar surface area (TPSA) is 46.9 Å². The first-order chi connectivity index (χ1) is 13.1. The number of carbonyl (C=O) groups excluding carboxylic acids is 1. The smallest absolute Gasteiger partial charge is 0.238 e. The molecule has 1 fully saturated rings. The summed E-state index contributed by atoms with van der Waals surface area (Å²) in [6, 6.07) is 18.2. The molecule has 138 valence electrons. The summed E-state index contributed by atoms with van der Waals surface area (Å²) in [6.07, 6.45) is 2.04. The van der Waals surface area contributed by atoms with Crippen LogP contribution in [-0.4, -0.2) is 21.7 Å². The van der Waals surface area contributed by atoms with Crippen molar-refractivity contribution in [1.29, 1.82) is 0 Å². The van der Waals surface area contributed by atoms with Crippen molar-refractivity contribution in [3.05, 3.63) is 77.7 Å². The van der Waals surface area contributed by atoms with Crippen LogP contribution in [0.1, 0.15) is 29.3 Å². The number of nitrogens with zero attached hydrogens (tertiary/aromatic N) is 2. The number of thioether (sulfide) groups is 1. The highest BCUT2D eigenvalue weighted by Crippen LogP contribution is 2.37. The minimum Gasteiger partial charge on any atom is -0.352 e. The first kappa shape index (κ1) is 17.8. The molecule has 1 N–H and O–H groups in total. The third-order valence-electron chi connectivity index (χ3n) is 4.37. The zero-order valence-electron chi connectivity index (χ0n) is 14.9. The summed E-state index contributed by atoms with van der Waals surface area (Å²) in [7, 11) is 0. The largest absolute Gasteiger partial charge is 0.352 e. The fourth-order valence-corrected chi connectivity index (χ4v) is 4.04. The third kappa shape index (κ3) is 4.22. The van der Waals surface area contributed by atoms with Crippen LogP contribution >= 0.6 is 11.8 Å². The van der Waals surface area contributed by atoms with Gasteiger partial charge in [-0.05, 0) is 55.7 Å². The molecule has 1 aliphatic rings. The molecular formula is C21H20FN3OS. The van der Waals surface area contributed by atoms with E-state index in [1.807, 2.05) is 48.0 Å². The van der Waals surface area contributed by atoms with E-state index in [1.165, 1.54) is 23.9 Å². The number of nitrogens with one attached hydrogen (secondary N) is 1. The van der Waals surface area contributed by atoms with Crippen LogP contribution in [0.3, 0.4) is 0 Å². The lowest BCUT2D eigenvalue weighted by molar-refractivity contribution is -0.120. The molecule has 1 unspecified atom stereocenters. The molecule has 1 amide bonds. The zero-order chi connectivity index (χ0) is 18.8. The predicted molar refractivity (Wildman–Crippen MR) is 104 cm³/mol. The molecule has 0 radical (unpaired) electrons. The zero-order valence-corrected chi connectivity index (χ0v) is 15.7. The van der Waals surface area contributed by atoms with E-state index in [-0.39, 0.29) is 17.8 Å². The third-order valence-corrected chi connectivity index (χ3v) is 5.63. The van der Waals surface area contributed by atoms with Crippen molar-refractivity contribution in [3.63, 3.8) is 0 Å². The number of benzene rings is 2. The second kappa shape index (κ2) is 7.56. The van der Waals surface area contributed by atoms with Gasteiger partial charge in [0.25, 0.3) is 0 Å². The van der Waals surface area contributed by atoms with E-state index in [9.17, 15) is 9.18 Å². The van der Waals surface area contributed by atoms with Gasteiger partial charge in [0.1, 0.15) is 16.1 Å². The van der Waals surface area contributed by atoms with E-state index < -0.39 is 5.25 Å². The van der Waals surface area contributed by atoms with Crippen LogP contribution in [-0.2, 0) is 4.79 Å². The molecule has 1 heterocycles. The number of aryl methyl sites for hydroxylation is 1. The molecule has 1 aliphatic carbocycles. The van der Waals surface area contributed by atoms with Crippen LogP contribution in [0.2, 0.25) is 0 Å². The van der Waals surface area contributed by atoms with E-state index in [2.05, 4.69) is 10.4 Å². The summed E-state index contributed by atoms with van der Waals surface area (Å²) < 4.78 is 15.2. The van der Waals surface area contributed by atoms with Crippen LogP contribution < -0.4 is 5.32 Å². The molecule has 0 saturated heterocycles. The predicted octanol–water partition coefficient (Wildman–Crippen LogP) is 4.43. The quantitative estimate of drug-likeness (QED) is 0.643. The molecule has 0 bridgehead atoms. The molecule has 27 heavy (non-hydrogen) atoms. The van der Waals surface area contributed by atoms with E-state index in [0.717, 1.165) is 34.8 Å². The van der Waals surface area contributed by atoms with Gasteiger partial charge in [-0.2, -0.15) is 5.10 Å². The first-order valence-corrected chi connectivity index (χ1v) is 9.83. The summed E-state index contributed by atoms with van der Waals surface area (Å²) in [4.78, 5) is 12.9. The molecule has 6 heteroatoms. The molecule has 4 rings (SSSR count). The molecule has 1 aromatic heterocycles. The standard InChI is InChI=1S/C21H20FN3OS/c1-14-13-19(25(24-14)18-5-3-2-4-6-18)27-20(21(26)23-17-11-12-17)15-7-9-16(22)10-8-15/h2-10,13,17,20H,11-12H2,1H3,(H,23,26). The van der Waals surface area contributed by atoms with Gasteiger partial charge in [0.2, 0.25) is 5.91 Å². The Labute approximate surface area is 161 Å². The summed E-state index contributed by atoms with van der Waals surface area (Å²) in [5.41, 5.74) is 2.59. The van der Waals surface area contributed by atoms with Crippen LogP contribution in [0.4, 0.5) is 4.39 Å². The van der Waals surface area contributed by atoms with Crippen molar-refractivity contribution in [3.8, 4) is 5.69 Å². The Bertz CT molecular complexity index is 936. The molecular weight excluding hydrogens is 361 g/mol. The fourth-order valence-electron chi connectivity index (χ4n) is 2.85. The fraction of sp³-hybridized carbons (Fsp3) is 0.238. The molecule has 2 aromatic carbocycles. The Kier molecular flexibility index (Phi) is 4.99. The molecule has 1 saturated carbocycles. The molecule has 1 atom stereocenters. The van der Waals surface area contributed by atoms with Gasteiger partial charge >= 0.3 is 0 Å². The van der Waals surface area contributed by atoms with Crippen LogP contribution in [0.15, 0.2) is 65.7 Å². The number of carbonyl (C=O) groups is 1. The van der Waals surface area contributed by atoms with Gasteiger partial charge in [-0.25, -0.2) is 9.07 Å². The van der Waals surface area contributed by atoms with E-state index in [0.29, 0.717) is 0 Å². The lowest BCUT2D eigenvalue weighted by atomic mass is 10.1. The van der Waals surface area contributed by atoms with Gasteiger partial charge in [-0.3, -0.25) is 4.79 Å². The number of amides is 1. The maximum absolute atomic E-state index is 13.4. The van der Waals surface area contributed by atoms with Crippen molar-refractivity contribution >= 4 is 17.7 Å². The number of hydrogen-bond donors (Lipinski definition) is 1. The van der Waals surface area contributed by atoms with Gasteiger partial charge < -0.3 is 5.32 Å². The minimum atomic E-state index is -0.468. The average molecular weight is 381 g/mol. The van der Waals surface area contributed by atoms with Gasteiger partial charge in [-0.1, -0.05) is 42.1 Å². The van der Waals surface area contributed by atoms with Gasteiger partial charge in [0.05, 0.1) is 11.4 Å². The molecule has 0 spiro atoms. The van der Waals surface area contributed by atoms with Gasteiger partial charge in [0.15, 0.2) is 0 Å². The van der Waals surface area contributed by atoms with Crippen LogP contribution in [0.25, 0.3) is 5.69 Å². The Balaban J connectivity index is 1.67. The lowest BCUT2D eigenvalue weighted by Gasteiger charge is -2.17. The van der Waals surface area contributed by atoms with Gasteiger partial charge in [0, 0.05) is 6.04 Å². The van der Waals surface area contributed by atoms with Crippen molar-refractivity contribution in [2.75, 3.05) is 0 Å². The first-order valence-electron chi connectivity index (χ1n) is 8.95. The number of aromatic nitrogens is 2. The highest BCUT2D eigenvalue weighted by atomic mass is 32.2. The molecule has 4 nitrogen and oxygen atoms in total. The second-order valence-electron chi connectivity index (χ2n) is 6.70. The Morgan fingerprint density at radius 1 is 1.19 bits per heavy atom. The van der Waals surface area contributed by atoms with E-state index in [4.69, 9.17) is 0 Å². The highest BCUT2D eigenvalue weighted by Gasteiger charge is 2.30. The van der Waals surface area contributed by atoms with Crippen molar-refractivity contribution in [1.82, 2.24) is 15.1 Å². The van der Waals surface area contributed by atoms with E-state index >= 15 is 0 Å². The van der Waals surface area contributed by atoms with E-state index in [1.54, 1.807) is 12.1 Å². The summed E-state index contributed by atoms with van der Waals surface area (Å²) in [5, 5.41) is 8.05. The minimum absolute atomic E-state index is 0.0485. The highest BCUT2D eigenvalue weighted by molar-refractivity contribution is 8.00. The second-order valence-corrected chi connectivity index (χ2v) is 7.83. The number of para-hydroxylation sites is 1. The molecule has 3 aromatic rings. The monoisotopic (exact) mass is 381 g/mol. The Morgan fingerprint density at radius 2 is 1.89 bits per heavy atom. The van der Waals surface area contributed by atoms with Crippen LogP contribution in [0.5, 0.6) is 0 Å². The lowest BCUT2D eigenvalue weighted by Crippen LogP contribution is -2.29. The number of rotatable bonds is 6. The Hall–Kier alpha value is -2.60. The number of hydrogen-bond acceptors (Lipinski definition) is 3. The van der Waals surface area contributed by atoms with Crippen molar-refractivity contribution in [2.45, 2.75) is 36.1 Å². The summed E-state index contributed by atoms with van der Waals surface area (Å²) in [5.74, 6) is -0.358. The maximum atomic E-state index is 13.4. The maximum Gasteiger partial charge on any atom is 0.238 e. The summed E-state index contributed by atoms with van der Waals surface area (Å²) in [6.45, 7) is 1.93. The van der Waals surface area contributed by atoms with Gasteiger partial charge in [-0.15, -0.1) is 0 Å². The SMILES string of the molecule is Cc1cc(SC(C(=O)NC2CC2)c2ccc(F)cc2)n(-c2ccccc2)n1.